The molecule has 1 amide bonds. The lowest BCUT2D eigenvalue weighted by atomic mass is 10.2. The molecule has 6 nitrogen and oxygen atoms in total. The van der Waals surface area contributed by atoms with Gasteiger partial charge in [-0.05, 0) is 13.3 Å². The molecule has 0 saturated carbocycles. The Balaban J connectivity index is 2.22. The Morgan fingerprint density at radius 2 is 2.25 bits per heavy atom. The molecule has 1 aliphatic heterocycles. The topological polar surface area (TPSA) is 63.7 Å². The van der Waals surface area contributed by atoms with Crippen LogP contribution < -0.4 is 14.8 Å². The van der Waals surface area contributed by atoms with Crippen LogP contribution in [0.1, 0.15) is 19.0 Å². The van der Waals surface area contributed by atoms with E-state index in [1.807, 2.05) is 6.92 Å². The summed E-state index contributed by atoms with van der Waals surface area (Å²) in [6.45, 7) is 4.05. The number of aromatic nitrogens is 1. The second kappa shape index (κ2) is 6.56. The fourth-order valence-electron chi connectivity index (χ4n) is 2.37. The summed E-state index contributed by atoms with van der Waals surface area (Å²) in [6.07, 6.45) is 2.63. The maximum Gasteiger partial charge on any atom is 0.237 e. The number of ether oxygens (including phenoxy) is 2. The van der Waals surface area contributed by atoms with E-state index >= 15 is 0 Å². The van der Waals surface area contributed by atoms with Crippen molar-refractivity contribution in [3.8, 4) is 11.5 Å². The highest BCUT2D eigenvalue weighted by Gasteiger charge is 2.25. The van der Waals surface area contributed by atoms with Crippen molar-refractivity contribution in [3.05, 3.63) is 18.0 Å². The second-order valence-corrected chi connectivity index (χ2v) is 4.78. The van der Waals surface area contributed by atoms with Gasteiger partial charge in [-0.3, -0.25) is 14.7 Å². The third-order valence-electron chi connectivity index (χ3n) is 3.57. The summed E-state index contributed by atoms with van der Waals surface area (Å²) in [5.41, 5.74) is 0.786. The van der Waals surface area contributed by atoms with Gasteiger partial charge in [-0.25, -0.2) is 0 Å². The van der Waals surface area contributed by atoms with E-state index in [-0.39, 0.29) is 11.9 Å². The van der Waals surface area contributed by atoms with Crippen molar-refractivity contribution in [3.63, 3.8) is 0 Å². The van der Waals surface area contributed by atoms with E-state index < -0.39 is 0 Å². The highest BCUT2D eigenvalue weighted by molar-refractivity contribution is 5.81. The Kier molecular flexibility index (Phi) is 4.79. The molecule has 0 unspecified atom stereocenters. The SMILES string of the molecule is COc1ccnc(CN2CCCNC(=O)[C@@H]2C)c1OC. The molecule has 0 spiro atoms. The van der Waals surface area contributed by atoms with Gasteiger partial charge in [-0.1, -0.05) is 0 Å². The number of nitrogens with one attached hydrogen (secondary N) is 1. The lowest BCUT2D eigenvalue weighted by Crippen LogP contribution is -2.41. The van der Waals surface area contributed by atoms with Crippen LogP contribution in [0.25, 0.3) is 0 Å². The highest BCUT2D eigenvalue weighted by atomic mass is 16.5. The Morgan fingerprint density at radius 3 is 2.95 bits per heavy atom. The number of amides is 1. The van der Waals surface area contributed by atoms with E-state index in [9.17, 15) is 4.79 Å². The van der Waals surface area contributed by atoms with Gasteiger partial charge in [-0.15, -0.1) is 0 Å². The second-order valence-electron chi connectivity index (χ2n) is 4.78. The van der Waals surface area contributed by atoms with Gasteiger partial charge in [0.1, 0.15) is 5.69 Å². The van der Waals surface area contributed by atoms with Gasteiger partial charge in [0.15, 0.2) is 11.5 Å². The molecule has 110 valence electrons. The van der Waals surface area contributed by atoms with Crippen molar-refractivity contribution < 1.29 is 14.3 Å². The molecule has 1 aliphatic rings. The molecule has 0 aliphatic carbocycles. The molecule has 20 heavy (non-hydrogen) atoms. The fourth-order valence-corrected chi connectivity index (χ4v) is 2.37. The van der Waals surface area contributed by atoms with Crippen LogP contribution in [-0.2, 0) is 11.3 Å². The van der Waals surface area contributed by atoms with Gasteiger partial charge in [0, 0.05) is 31.9 Å². The predicted molar refractivity (Wildman–Crippen MR) is 74.8 cm³/mol. The minimum atomic E-state index is -0.171. The molecule has 0 bridgehead atoms. The quantitative estimate of drug-likeness (QED) is 0.883. The number of nitrogens with zero attached hydrogens (tertiary/aromatic N) is 2. The van der Waals surface area contributed by atoms with Crippen LogP contribution in [0.4, 0.5) is 0 Å². The maximum atomic E-state index is 11.9. The highest BCUT2D eigenvalue weighted by Crippen LogP contribution is 2.30. The van der Waals surface area contributed by atoms with Gasteiger partial charge in [-0.2, -0.15) is 0 Å². The summed E-state index contributed by atoms with van der Waals surface area (Å²) >= 11 is 0. The molecule has 0 aromatic carbocycles. The summed E-state index contributed by atoms with van der Waals surface area (Å²) in [7, 11) is 3.20. The zero-order chi connectivity index (χ0) is 14.5. The van der Waals surface area contributed by atoms with Crippen LogP contribution in [0.2, 0.25) is 0 Å². The first kappa shape index (κ1) is 14.6. The first-order valence-electron chi connectivity index (χ1n) is 6.75. The zero-order valence-corrected chi connectivity index (χ0v) is 12.2. The van der Waals surface area contributed by atoms with E-state index in [2.05, 4.69) is 15.2 Å². The maximum absolute atomic E-state index is 11.9. The number of rotatable bonds is 4. The molecular weight excluding hydrogens is 258 g/mol. The van der Waals surface area contributed by atoms with Gasteiger partial charge in [0.2, 0.25) is 5.91 Å². The lowest BCUT2D eigenvalue weighted by molar-refractivity contribution is -0.125. The van der Waals surface area contributed by atoms with E-state index in [1.165, 1.54) is 0 Å². The number of carbonyl (C=O) groups excluding carboxylic acids is 1. The number of methoxy groups -OCH3 is 2. The molecule has 1 atom stereocenters. The summed E-state index contributed by atoms with van der Waals surface area (Å²) in [4.78, 5) is 18.3. The minimum absolute atomic E-state index is 0.0596. The normalized spacial score (nSPS) is 20.1. The lowest BCUT2D eigenvalue weighted by Gasteiger charge is -2.25. The largest absolute Gasteiger partial charge is 0.493 e. The van der Waals surface area contributed by atoms with Crippen LogP contribution in [0.3, 0.4) is 0 Å². The Bertz CT molecular complexity index is 479. The van der Waals surface area contributed by atoms with Crippen molar-refractivity contribution in [2.45, 2.75) is 25.9 Å². The average molecular weight is 279 g/mol. The smallest absolute Gasteiger partial charge is 0.237 e. The molecule has 6 heteroatoms. The van der Waals surface area contributed by atoms with Crippen LogP contribution in [0.5, 0.6) is 11.5 Å². The third kappa shape index (κ3) is 3.01. The molecule has 0 radical (unpaired) electrons. The summed E-state index contributed by atoms with van der Waals surface area (Å²) in [6, 6.07) is 1.59. The summed E-state index contributed by atoms with van der Waals surface area (Å²) < 4.78 is 10.7. The van der Waals surface area contributed by atoms with E-state index in [0.29, 0.717) is 18.0 Å². The molecule has 2 rings (SSSR count). The average Bonchev–Trinajstić information content (AvgIpc) is 2.62. The zero-order valence-electron chi connectivity index (χ0n) is 12.2. The van der Waals surface area contributed by atoms with Gasteiger partial charge in [0.05, 0.1) is 20.3 Å². The van der Waals surface area contributed by atoms with Crippen molar-refractivity contribution in [2.75, 3.05) is 27.3 Å². The third-order valence-corrected chi connectivity index (χ3v) is 3.57. The predicted octanol–water partition coefficient (Wildman–Crippen LogP) is 0.809. The Labute approximate surface area is 119 Å². The van der Waals surface area contributed by atoms with Crippen molar-refractivity contribution in [1.82, 2.24) is 15.2 Å². The van der Waals surface area contributed by atoms with Crippen LogP contribution in [0.15, 0.2) is 12.3 Å². The van der Waals surface area contributed by atoms with Crippen LogP contribution >= 0.6 is 0 Å². The molecule has 2 heterocycles. The summed E-state index contributed by atoms with van der Waals surface area (Å²) in [5, 5.41) is 2.90. The van der Waals surface area contributed by atoms with Gasteiger partial charge in [0.25, 0.3) is 0 Å². The number of pyridine rings is 1. The van der Waals surface area contributed by atoms with E-state index in [0.717, 1.165) is 25.2 Å². The Morgan fingerprint density at radius 1 is 1.45 bits per heavy atom. The van der Waals surface area contributed by atoms with Gasteiger partial charge < -0.3 is 14.8 Å². The first-order chi connectivity index (χ1) is 9.67. The van der Waals surface area contributed by atoms with Crippen molar-refractivity contribution in [2.24, 2.45) is 0 Å². The number of hydrogen-bond donors (Lipinski definition) is 1. The molecular formula is C14H21N3O3. The van der Waals surface area contributed by atoms with E-state index in [1.54, 1.807) is 26.5 Å². The van der Waals surface area contributed by atoms with Gasteiger partial charge >= 0.3 is 0 Å². The number of hydrogen-bond acceptors (Lipinski definition) is 5. The molecule has 1 fully saturated rings. The Hall–Kier alpha value is -1.82. The molecule has 1 N–H and O–H groups in total. The molecule has 1 aromatic heterocycles. The van der Waals surface area contributed by atoms with Crippen LogP contribution in [-0.4, -0.2) is 49.1 Å². The number of carbonyl (C=O) groups is 1. The van der Waals surface area contributed by atoms with Crippen molar-refractivity contribution in [1.29, 1.82) is 0 Å². The minimum Gasteiger partial charge on any atom is -0.493 e. The first-order valence-corrected chi connectivity index (χ1v) is 6.75. The molecule has 1 saturated heterocycles. The van der Waals surface area contributed by atoms with Crippen molar-refractivity contribution >= 4 is 5.91 Å². The summed E-state index contributed by atoms with van der Waals surface area (Å²) in [5.74, 6) is 1.35. The standard InChI is InChI=1S/C14H21N3O3/c1-10-14(18)16-6-4-8-17(10)9-11-13(20-3)12(19-2)5-7-15-11/h5,7,10H,4,6,8-9H2,1-3H3,(H,16,18)/t10-/m0/s1. The molecule has 1 aromatic rings. The van der Waals surface area contributed by atoms with E-state index in [4.69, 9.17) is 9.47 Å². The monoisotopic (exact) mass is 279 g/mol. The van der Waals surface area contributed by atoms with Crippen LogP contribution in [0, 0.1) is 0 Å². The fraction of sp³-hybridized carbons (Fsp3) is 0.571.